The molecule has 2 heterocycles. The van der Waals surface area contributed by atoms with Crippen LogP contribution in [-0.2, 0) is 0 Å². The van der Waals surface area contributed by atoms with E-state index in [4.69, 9.17) is 10.5 Å². The highest BCUT2D eigenvalue weighted by Crippen LogP contribution is 2.41. The second-order valence-corrected chi connectivity index (χ2v) is 13.8. The second-order valence-electron chi connectivity index (χ2n) is 13.8. The van der Waals surface area contributed by atoms with Gasteiger partial charge in [0.1, 0.15) is 0 Å². The lowest BCUT2D eigenvalue weighted by Gasteiger charge is -2.25. The van der Waals surface area contributed by atoms with Gasteiger partial charge in [0, 0.05) is 62.1 Å². The van der Waals surface area contributed by atoms with Gasteiger partial charge in [0.15, 0.2) is 0 Å². The first-order valence-corrected chi connectivity index (χ1v) is 18.7. The molecular weight excluding hydrogens is 685 g/mol. The van der Waals surface area contributed by atoms with Crippen molar-refractivity contribution in [1.29, 1.82) is 5.41 Å². The molecule has 0 amide bonds. The molecule has 10 aromatic rings. The van der Waals surface area contributed by atoms with Gasteiger partial charge < -0.3 is 20.2 Å². The SMILES string of the molecule is N=Cc1cc(-c2ccc3c(c2)c2ccc4c(cnn4-c4ccccc4)c2n3-c2ccc(N(c3ccccc3)c3ccccc3)cc2)ccc1Nc1ccccc1. The van der Waals surface area contributed by atoms with Gasteiger partial charge in [0.2, 0.25) is 0 Å². The summed E-state index contributed by atoms with van der Waals surface area (Å²) in [6.45, 7) is 0. The Kier molecular flexibility index (Phi) is 8.19. The number of nitrogens with zero attached hydrogens (tertiary/aromatic N) is 4. The summed E-state index contributed by atoms with van der Waals surface area (Å²) in [6.07, 6.45) is 3.41. The summed E-state index contributed by atoms with van der Waals surface area (Å²) in [5.41, 5.74) is 13.4. The molecule has 0 aliphatic heterocycles. The van der Waals surface area contributed by atoms with Crippen molar-refractivity contribution in [3.63, 3.8) is 0 Å². The van der Waals surface area contributed by atoms with Crippen molar-refractivity contribution in [3.8, 4) is 22.5 Å². The number of rotatable bonds is 9. The molecule has 266 valence electrons. The van der Waals surface area contributed by atoms with Crippen molar-refractivity contribution in [2.75, 3.05) is 10.2 Å². The van der Waals surface area contributed by atoms with E-state index in [9.17, 15) is 0 Å². The third kappa shape index (κ3) is 5.77. The lowest BCUT2D eigenvalue weighted by molar-refractivity contribution is 0.911. The first-order chi connectivity index (χ1) is 27.7. The predicted molar refractivity (Wildman–Crippen MR) is 233 cm³/mol. The quantitative estimate of drug-likeness (QED) is 0.146. The summed E-state index contributed by atoms with van der Waals surface area (Å²) in [5, 5.41) is 20.0. The number of anilines is 5. The molecule has 2 N–H and O–H groups in total. The fraction of sp³-hybridized carbons (Fsp3) is 0. The van der Waals surface area contributed by atoms with E-state index in [1.165, 1.54) is 6.21 Å². The number of hydrogen-bond donors (Lipinski definition) is 2. The molecule has 56 heavy (non-hydrogen) atoms. The Morgan fingerprint density at radius 1 is 0.500 bits per heavy atom. The lowest BCUT2D eigenvalue weighted by Crippen LogP contribution is -2.09. The van der Waals surface area contributed by atoms with Crippen LogP contribution in [-0.4, -0.2) is 20.6 Å². The molecule has 0 spiro atoms. The molecule has 0 aliphatic rings. The largest absolute Gasteiger partial charge is 0.355 e. The van der Waals surface area contributed by atoms with Gasteiger partial charge in [-0.1, -0.05) is 84.9 Å². The summed E-state index contributed by atoms with van der Waals surface area (Å²) in [4.78, 5) is 2.28. The highest BCUT2D eigenvalue weighted by atomic mass is 15.3. The zero-order valence-corrected chi connectivity index (χ0v) is 30.4. The van der Waals surface area contributed by atoms with Crippen molar-refractivity contribution >= 4 is 67.4 Å². The van der Waals surface area contributed by atoms with Crippen LogP contribution >= 0.6 is 0 Å². The molecule has 0 aliphatic carbocycles. The van der Waals surface area contributed by atoms with Gasteiger partial charge in [0.25, 0.3) is 0 Å². The van der Waals surface area contributed by atoms with Crippen molar-refractivity contribution in [2.24, 2.45) is 0 Å². The van der Waals surface area contributed by atoms with Crippen LogP contribution in [0.4, 0.5) is 28.4 Å². The molecule has 8 aromatic carbocycles. The minimum absolute atomic E-state index is 0.823. The van der Waals surface area contributed by atoms with E-state index in [2.05, 4.69) is 160 Å². The van der Waals surface area contributed by atoms with Gasteiger partial charge in [-0.15, -0.1) is 0 Å². The van der Waals surface area contributed by atoms with Crippen molar-refractivity contribution < 1.29 is 0 Å². The van der Waals surface area contributed by atoms with Crippen LogP contribution in [0, 0.1) is 5.41 Å². The highest BCUT2D eigenvalue weighted by Gasteiger charge is 2.20. The van der Waals surface area contributed by atoms with Crippen LogP contribution in [0.25, 0.3) is 55.2 Å². The van der Waals surface area contributed by atoms with E-state index in [1.54, 1.807) is 0 Å². The summed E-state index contributed by atoms with van der Waals surface area (Å²) in [6, 6.07) is 67.6. The average molecular weight is 721 g/mol. The molecule has 0 bridgehead atoms. The number of hydrogen-bond acceptors (Lipinski definition) is 4. The van der Waals surface area contributed by atoms with Crippen LogP contribution in [0.15, 0.2) is 200 Å². The summed E-state index contributed by atoms with van der Waals surface area (Å²) in [7, 11) is 0. The number of nitrogens with one attached hydrogen (secondary N) is 2. The molecule has 0 radical (unpaired) electrons. The Labute approximate surface area is 324 Å². The molecule has 0 unspecified atom stereocenters. The summed E-state index contributed by atoms with van der Waals surface area (Å²) >= 11 is 0. The average Bonchev–Trinajstić information content (AvgIpc) is 3.85. The van der Waals surface area contributed by atoms with E-state index >= 15 is 0 Å². The van der Waals surface area contributed by atoms with Gasteiger partial charge in [-0.3, -0.25) is 0 Å². The standard InChI is InChI=1S/C50H36N6/c51-33-37-31-35(21-28-47(37)53-38-13-5-1-6-14-38)36-22-29-48-45(32-36)44-27-30-49-46(34-52-56(49)43-19-11-4-12-20-43)50(44)55(48)42-25-23-41(24-26-42)54(39-15-7-2-8-16-39)40-17-9-3-10-18-40/h1-34,51,53H. The molecule has 0 fully saturated rings. The molecule has 0 saturated carbocycles. The number of fused-ring (bicyclic) bond motifs is 5. The van der Waals surface area contributed by atoms with Gasteiger partial charge in [-0.05, 0) is 120 Å². The zero-order chi connectivity index (χ0) is 37.4. The monoisotopic (exact) mass is 720 g/mol. The molecular formula is C50H36N6. The Morgan fingerprint density at radius 3 is 1.77 bits per heavy atom. The number of para-hydroxylation sites is 4. The first-order valence-electron chi connectivity index (χ1n) is 18.7. The number of aromatic nitrogens is 3. The maximum absolute atomic E-state index is 8.25. The maximum Gasteiger partial charge on any atom is 0.0762 e. The zero-order valence-electron chi connectivity index (χ0n) is 30.4. The van der Waals surface area contributed by atoms with Gasteiger partial charge in [-0.25, -0.2) is 4.68 Å². The minimum Gasteiger partial charge on any atom is -0.355 e. The Morgan fingerprint density at radius 2 is 1.09 bits per heavy atom. The molecule has 6 nitrogen and oxygen atoms in total. The Bertz CT molecular complexity index is 2950. The second kappa shape index (κ2) is 13.9. The normalized spacial score (nSPS) is 11.3. The van der Waals surface area contributed by atoms with Crippen LogP contribution in [0.1, 0.15) is 5.56 Å². The van der Waals surface area contributed by atoms with Gasteiger partial charge in [0.05, 0.1) is 28.4 Å². The molecule has 10 rings (SSSR count). The minimum atomic E-state index is 0.823. The topological polar surface area (TPSA) is 61.9 Å². The van der Waals surface area contributed by atoms with Crippen LogP contribution in [0.5, 0.6) is 0 Å². The van der Waals surface area contributed by atoms with Gasteiger partial charge >= 0.3 is 0 Å². The fourth-order valence-corrected chi connectivity index (χ4v) is 7.84. The Balaban J connectivity index is 1.14. The third-order valence-electron chi connectivity index (χ3n) is 10.5. The van der Waals surface area contributed by atoms with Crippen molar-refractivity contribution in [3.05, 3.63) is 206 Å². The van der Waals surface area contributed by atoms with Crippen LogP contribution in [0.2, 0.25) is 0 Å². The molecule has 6 heteroatoms. The van der Waals surface area contributed by atoms with E-state index in [0.717, 1.165) is 89.2 Å². The number of benzene rings is 8. The van der Waals surface area contributed by atoms with Gasteiger partial charge in [-0.2, -0.15) is 5.10 Å². The van der Waals surface area contributed by atoms with Crippen molar-refractivity contribution in [1.82, 2.24) is 14.3 Å². The van der Waals surface area contributed by atoms with Crippen LogP contribution in [0.3, 0.4) is 0 Å². The van der Waals surface area contributed by atoms with E-state index in [-0.39, 0.29) is 0 Å². The molecule has 2 aromatic heterocycles. The maximum atomic E-state index is 8.25. The predicted octanol–water partition coefficient (Wildman–Crippen LogP) is 13.0. The van der Waals surface area contributed by atoms with Crippen molar-refractivity contribution in [2.45, 2.75) is 0 Å². The van der Waals surface area contributed by atoms with E-state index < -0.39 is 0 Å². The first kappa shape index (κ1) is 32.9. The van der Waals surface area contributed by atoms with E-state index in [0.29, 0.717) is 0 Å². The van der Waals surface area contributed by atoms with Crippen LogP contribution < -0.4 is 10.2 Å². The third-order valence-corrected chi connectivity index (χ3v) is 10.5. The molecule has 0 atom stereocenters. The molecule has 0 saturated heterocycles. The lowest BCUT2D eigenvalue weighted by atomic mass is 9.99. The fourth-order valence-electron chi connectivity index (χ4n) is 7.84. The Hall–Kier alpha value is -7.70. The van der Waals surface area contributed by atoms with E-state index in [1.807, 2.05) is 59.4 Å². The smallest absolute Gasteiger partial charge is 0.0762 e. The summed E-state index contributed by atoms with van der Waals surface area (Å²) < 4.78 is 4.40. The summed E-state index contributed by atoms with van der Waals surface area (Å²) in [5.74, 6) is 0. The highest BCUT2D eigenvalue weighted by molar-refractivity contribution is 6.19.